The van der Waals surface area contributed by atoms with Crippen molar-refractivity contribution in [2.24, 2.45) is 0 Å². The first-order valence-corrected chi connectivity index (χ1v) is 9.84. The molecular formula is C24H23NO6. The van der Waals surface area contributed by atoms with E-state index in [9.17, 15) is 14.4 Å². The molecule has 0 aliphatic carbocycles. The topological polar surface area (TPSA) is 94.8 Å². The minimum Gasteiger partial charge on any atom is -0.492 e. The fourth-order valence-corrected chi connectivity index (χ4v) is 2.83. The van der Waals surface area contributed by atoms with E-state index in [-0.39, 0.29) is 11.5 Å². The number of para-hydroxylation sites is 2. The molecule has 1 amide bonds. The molecule has 0 saturated carbocycles. The Morgan fingerprint density at radius 3 is 2.39 bits per heavy atom. The predicted molar refractivity (Wildman–Crippen MR) is 115 cm³/mol. The van der Waals surface area contributed by atoms with Crippen molar-refractivity contribution in [1.82, 2.24) is 0 Å². The molecule has 1 aromatic heterocycles. The van der Waals surface area contributed by atoms with Gasteiger partial charge in [-0.25, -0.2) is 4.79 Å². The first kappa shape index (κ1) is 21.8. The Hall–Kier alpha value is -3.87. The largest absolute Gasteiger partial charge is 0.492 e. The van der Waals surface area contributed by atoms with Crippen molar-refractivity contribution in [3.63, 3.8) is 0 Å². The van der Waals surface area contributed by atoms with Gasteiger partial charge in [-0.1, -0.05) is 36.4 Å². The molecule has 0 aliphatic heterocycles. The number of hydrogen-bond donors (Lipinski definition) is 1. The lowest BCUT2D eigenvalue weighted by molar-refractivity contribution is -0.123. The Morgan fingerprint density at radius 2 is 1.71 bits per heavy atom. The van der Waals surface area contributed by atoms with Crippen molar-refractivity contribution in [2.45, 2.75) is 26.9 Å². The van der Waals surface area contributed by atoms with Crippen LogP contribution < -0.4 is 10.1 Å². The quantitative estimate of drug-likeness (QED) is 0.417. The van der Waals surface area contributed by atoms with Crippen LogP contribution in [0.2, 0.25) is 0 Å². The summed E-state index contributed by atoms with van der Waals surface area (Å²) in [4.78, 5) is 36.2. The molecule has 160 valence electrons. The molecule has 0 radical (unpaired) electrons. The Morgan fingerprint density at radius 1 is 1.00 bits per heavy atom. The van der Waals surface area contributed by atoms with E-state index in [4.69, 9.17) is 13.9 Å². The van der Waals surface area contributed by atoms with Gasteiger partial charge in [0, 0.05) is 11.1 Å². The number of benzene rings is 2. The van der Waals surface area contributed by atoms with Crippen LogP contribution in [-0.2, 0) is 9.53 Å². The van der Waals surface area contributed by atoms with Crippen molar-refractivity contribution in [2.75, 3.05) is 11.9 Å². The lowest BCUT2D eigenvalue weighted by Crippen LogP contribution is -2.30. The number of rotatable bonds is 8. The minimum absolute atomic E-state index is 0.0278. The molecule has 7 nitrogen and oxygen atoms in total. The summed E-state index contributed by atoms with van der Waals surface area (Å²) in [7, 11) is 0. The van der Waals surface area contributed by atoms with Crippen molar-refractivity contribution >= 4 is 23.3 Å². The summed E-state index contributed by atoms with van der Waals surface area (Å²) in [5.41, 5.74) is 1.79. The van der Waals surface area contributed by atoms with Crippen molar-refractivity contribution in [3.05, 3.63) is 72.0 Å². The predicted octanol–water partition coefficient (Wildman–Crippen LogP) is 4.73. The summed E-state index contributed by atoms with van der Waals surface area (Å²) in [6.45, 7) is 5.26. The van der Waals surface area contributed by atoms with Crippen molar-refractivity contribution in [3.8, 4) is 17.1 Å². The Balaban J connectivity index is 1.63. The highest BCUT2D eigenvalue weighted by atomic mass is 16.6. The first-order chi connectivity index (χ1) is 14.9. The molecule has 1 N–H and O–H groups in total. The third-order valence-corrected chi connectivity index (χ3v) is 4.48. The van der Waals surface area contributed by atoms with Crippen molar-refractivity contribution in [1.29, 1.82) is 0 Å². The number of ketones is 1. The standard InChI is InChI=1S/C24H23NO6/c1-4-29-21-8-6-5-7-19(21)25-23(27)16(3)30-24(28)22-14-13-20(31-22)18-11-9-17(10-12-18)15(2)26/h5-14,16H,4H2,1-3H3,(H,25,27)/t16-/m1/s1. The van der Waals surface area contributed by atoms with Gasteiger partial charge in [-0.15, -0.1) is 0 Å². The van der Waals surface area contributed by atoms with E-state index in [1.807, 2.05) is 6.92 Å². The summed E-state index contributed by atoms with van der Waals surface area (Å²) >= 11 is 0. The van der Waals surface area contributed by atoms with Gasteiger partial charge in [-0.05, 0) is 45.0 Å². The maximum atomic E-state index is 12.4. The van der Waals surface area contributed by atoms with E-state index in [2.05, 4.69) is 5.32 Å². The Bertz CT molecular complexity index is 1080. The summed E-state index contributed by atoms with van der Waals surface area (Å²) in [6, 6.07) is 16.9. The number of carbonyl (C=O) groups excluding carboxylic acids is 3. The maximum absolute atomic E-state index is 12.4. The molecule has 0 fully saturated rings. The molecule has 0 bridgehead atoms. The molecule has 7 heteroatoms. The summed E-state index contributed by atoms with van der Waals surface area (Å²) in [5, 5.41) is 2.70. The van der Waals surface area contributed by atoms with E-state index in [0.717, 1.165) is 0 Å². The normalized spacial score (nSPS) is 11.5. The zero-order valence-electron chi connectivity index (χ0n) is 17.5. The van der Waals surface area contributed by atoms with Crippen LogP contribution in [0.4, 0.5) is 5.69 Å². The van der Waals surface area contributed by atoms with Gasteiger partial charge in [0.25, 0.3) is 5.91 Å². The number of anilines is 1. The van der Waals surface area contributed by atoms with E-state index in [1.165, 1.54) is 19.9 Å². The first-order valence-electron chi connectivity index (χ1n) is 9.84. The molecule has 3 rings (SSSR count). The molecule has 1 atom stereocenters. The SMILES string of the molecule is CCOc1ccccc1NC(=O)[C@@H](C)OC(=O)c1ccc(-c2ccc(C(C)=O)cc2)o1. The minimum atomic E-state index is -1.05. The number of carbonyl (C=O) groups is 3. The zero-order valence-corrected chi connectivity index (χ0v) is 17.5. The zero-order chi connectivity index (χ0) is 22.4. The van der Waals surface area contributed by atoms with Gasteiger partial charge in [0.05, 0.1) is 12.3 Å². The molecule has 2 aromatic carbocycles. The van der Waals surface area contributed by atoms with Gasteiger partial charge < -0.3 is 19.2 Å². The number of nitrogens with one attached hydrogen (secondary N) is 1. The number of furan rings is 1. The molecule has 0 saturated heterocycles. The van der Waals surface area contributed by atoms with Gasteiger partial charge in [0.15, 0.2) is 11.9 Å². The second kappa shape index (κ2) is 9.75. The molecule has 0 aliphatic rings. The summed E-state index contributed by atoms with van der Waals surface area (Å²) in [5.74, 6) is -0.334. The van der Waals surface area contributed by atoms with E-state index in [1.54, 1.807) is 54.6 Å². The third-order valence-electron chi connectivity index (χ3n) is 4.48. The van der Waals surface area contributed by atoms with Crippen LogP contribution in [0.1, 0.15) is 41.7 Å². The number of Topliss-reactive ketones (excluding diaryl/α,β-unsaturated/α-hetero) is 1. The van der Waals surface area contributed by atoms with Gasteiger partial charge in [-0.3, -0.25) is 9.59 Å². The lowest BCUT2D eigenvalue weighted by Gasteiger charge is -2.15. The number of amides is 1. The van der Waals surface area contributed by atoms with Crippen LogP contribution in [0.5, 0.6) is 5.75 Å². The molecule has 0 spiro atoms. The second-order valence-electron chi connectivity index (χ2n) is 6.76. The number of esters is 1. The van der Waals surface area contributed by atoms with Crippen molar-refractivity contribution < 1.29 is 28.3 Å². The monoisotopic (exact) mass is 421 g/mol. The highest BCUT2D eigenvalue weighted by Crippen LogP contribution is 2.25. The van der Waals surface area contributed by atoms with Crippen LogP contribution in [0.25, 0.3) is 11.3 Å². The van der Waals surface area contributed by atoms with Crippen LogP contribution in [0, 0.1) is 0 Å². The van der Waals surface area contributed by atoms with Gasteiger partial charge in [0.1, 0.15) is 11.5 Å². The molecule has 31 heavy (non-hydrogen) atoms. The van der Waals surface area contributed by atoms with Crippen LogP contribution in [0.15, 0.2) is 65.1 Å². The fraction of sp³-hybridized carbons (Fsp3) is 0.208. The van der Waals surface area contributed by atoms with Gasteiger partial charge >= 0.3 is 5.97 Å². The van der Waals surface area contributed by atoms with Gasteiger partial charge in [-0.2, -0.15) is 0 Å². The number of hydrogen-bond acceptors (Lipinski definition) is 6. The van der Waals surface area contributed by atoms with Crippen LogP contribution in [0.3, 0.4) is 0 Å². The second-order valence-corrected chi connectivity index (χ2v) is 6.76. The van der Waals surface area contributed by atoms with Gasteiger partial charge in [0.2, 0.25) is 5.76 Å². The highest BCUT2D eigenvalue weighted by Gasteiger charge is 2.22. The summed E-state index contributed by atoms with van der Waals surface area (Å²) in [6.07, 6.45) is -1.05. The average Bonchev–Trinajstić information content (AvgIpc) is 3.26. The lowest BCUT2D eigenvalue weighted by atomic mass is 10.1. The number of ether oxygens (including phenoxy) is 2. The molecule has 1 heterocycles. The molecular weight excluding hydrogens is 398 g/mol. The molecule has 0 unspecified atom stereocenters. The summed E-state index contributed by atoms with van der Waals surface area (Å²) < 4.78 is 16.3. The molecule has 3 aromatic rings. The van der Waals surface area contributed by atoms with E-state index < -0.39 is 18.0 Å². The Kier molecular flexibility index (Phi) is 6.87. The van der Waals surface area contributed by atoms with E-state index >= 15 is 0 Å². The van der Waals surface area contributed by atoms with Crippen LogP contribution in [-0.4, -0.2) is 30.4 Å². The maximum Gasteiger partial charge on any atom is 0.375 e. The fourth-order valence-electron chi connectivity index (χ4n) is 2.83. The Labute approximate surface area is 180 Å². The van der Waals surface area contributed by atoms with E-state index in [0.29, 0.717) is 34.9 Å². The average molecular weight is 421 g/mol. The smallest absolute Gasteiger partial charge is 0.375 e. The highest BCUT2D eigenvalue weighted by molar-refractivity contribution is 5.97. The third kappa shape index (κ3) is 5.39. The van der Waals surface area contributed by atoms with Crippen LogP contribution >= 0.6 is 0 Å².